The molecule has 32 heavy (non-hydrogen) atoms. The molecule has 2 N–H and O–H groups in total. The van der Waals surface area contributed by atoms with Gasteiger partial charge >= 0.3 is 6.09 Å². The average Bonchev–Trinajstić information content (AvgIpc) is 2.76. The molecule has 0 spiro atoms. The predicted molar refractivity (Wildman–Crippen MR) is 121 cm³/mol. The summed E-state index contributed by atoms with van der Waals surface area (Å²) in [5, 5.41) is 8.91. The fourth-order valence-electron chi connectivity index (χ4n) is 3.48. The average molecular weight is 462 g/mol. The number of sulfonamides is 1. The third kappa shape index (κ3) is 5.09. The topological polar surface area (TPSA) is 116 Å². The van der Waals surface area contributed by atoms with E-state index in [0.29, 0.717) is 29.0 Å². The fourth-order valence-corrected chi connectivity index (χ4v) is 4.54. The van der Waals surface area contributed by atoms with Crippen LogP contribution >= 0.6 is 0 Å². The van der Waals surface area contributed by atoms with E-state index in [1.54, 1.807) is 49.1 Å². The van der Waals surface area contributed by atoms with E-state index in [1.807, 2.05) is 0 Å². The van der Waals surface area contributed by atoms with Gasteiger partial charge < -0.3 is 14.7 Å². The van der Waals surface area contributed by atoms with Crippen molar-refractivity contribution in [1.29, 1.82) is 0 Å². The molecule has 2 amide bonds. The lowest BCUT2D eigenvalue weighted by Crippen LogP contribution is -2.46. The Labute approximate surface area is 187 Å². The Morgan fingerprint density at radius 1 is 1.06 bits per heavy atom. The number of hydrogen-bond donors (Lipinski definition) is 2. The van der Waals surface area contributed by atoms with Crippen LogP contribution in [0.25, 0.3) is 11.1 Å². The maximum Gasteiger partial charge on any atom is 0.414 e. The molecule has 0 aromatic heterocycles. The zero-order chi connectivity index (χ0) is 23.5. The maximum atomic E-state index is 12.7. The van der Waals surface area contributed by atoms with Crippen molar-refractivity contribution >= 4 is 33.4 Å². The highest BCUT2D eigenvalue weighted by Gasteiger charge is 2.30. The number of hydrogen-bond acceptors (Lipinski definition) is 6. The van der Waals surface area contributed by atoms with E-state index in [2.05, 4.69) is 4.72 Å². The number of aliphatic hydroxyl groups excluding tert-OH is 1. The Balaban J connectivity index is 2.04. The van der Waals surface area contributed by atoms with Gasteiger partial charge in [0.1, 0.15) is 0 Å². The lowest BCUT2D eigenvalue weighted by atomic mass is 10.0. The van der Waals surface area contributed by atoms with Crippen LogP contribution in [0.3, 0.4) is 0 Å². The van der Waals surface area contributed by atoms with E-state index < -0.39 is 16.1 Å². The van der Waals surface area contributed by atoms with Crippen LogP contribution in [0.4, 0.5) is 16.2 Å². The smallest absolute Gasteiger partial charge is 0.414 e. The van der Waals surface area contributed by atoms with E-state index in [0.717, 1.165) is 0 Å². The normalized spacial score (nSPS) is 13.8. The number of anilines is 2. The summed E-state index contributed by atoms with van der Waals surface area (Å²) in [6, 6.07) is 11.6. The molecule has 1 aliphatic rings. The first-order valence-electron chi connectivity index (χ1n) is 10.3. The molecule has 2 aromatic carbocycles. The van der Waals surface area contributed by atoms with Gasteiger partial charge in [-0.3, -0.25) is 9.69 Å². The van der Waals surface area contributed by atoms with Gasteiger partial charge in [0.2, 0.25) is 15.9 Å². The van der Waals surface area contributed by atoms with Gasteiger partial charge in [0.05, 0.1) is 29.0 Å². The van der Waals surface area contributed by atoms with Gasteiger partial charge in [-0.1, -0.05) is 18.2 Å². The second kappa shape index (κ2) is 9.68. The Morgan fingerprint density at radius 3 is 2.41 bits per heavy atom. The van der Waals surface area contributed by atoms with Gasteiger partial charge in [-0.15, -0.1) is 0 Å². The van der Waals surface area contributed by atoms with Gasteiger partial charge in [-0.2, -0.15) is 0 Å². The van der Waals surface area contributed by atoms with Crippen molar-refractivity contribution in [3.63, 3.8) is 0 Å². The molecule has 0 radical (unpaired) electrons. The molecular formula is C22H27N3O6S. The van der Waals surface area contributed by atoms with Crippen LogP contribution in [-0.4, -0.2) is 57.9 Å². The van der Waals surface area contributed by atoms with Crippen LogP contribution in [0.2, 0.25) is 0 Å². The van der Waals surface area contributed by atoms with Crippen molar-refractivity contribution in [2.45, 2.75) is 31.8 Å². The number of carbonyl (C=O) groups excluding carboxylic acids is 2. The summed E-state index contributed by atoms with van der Waals surface area (Å²) in [4.78, 5) is 27.9. The summed E-state index contributed by atoms with van der Waals surface area (Å²) in [6.07, 6.45) is -0.806. The zero-order valence-electron chi connectivity index (χ0n) is 18.2. The van der Waals surface area contributed by atoms with Gasteiger partial charge in [0, 0.05) is 26.6 Å². The Hall–Kier alpha value is -2.95. The van der Waals surface area contributed by atoms with Crippen LogP contribution < -0.4 is 14.5 Å². The Morgan fingerprint density at radius 2 is 1.75 bits per heavy atom. The number of amides is 2. The van der Waals surface area contributed by atoms with Crippen molar-refractivity contribution in [3.8, 4) is 11.1 Å². The Kier molecular flexibility index (Phi) is 7.17. The molecule has 1 heterocycles. The summed E-state index contributed by atoms with van der Waals surface area (Å²) in [6.45, 7) is 5.22. The number of aliphatic hydroxyl groups is 1. The van der Waals surface area contributed by atoms with E-state index >= 15 is 0 Å². The molecule has 2 aromatic rings. The molecule has 1 aliphatic heterocycles. The summed E-state index contributed by atoms with van der Waals surface area (Å²) in [7, 11) is -3.78. The van der Waals surface area contributed by atoms with Crippen LogP contribution in [-0.2, 0) is 19.6 Å². The monoisotopic (exact) mass is 461 g/mol. The predicted octanol–water partition coefficient (Wildman–Crippen LogP) is 2.34. The first kappa shape index (κ1) is 23.7. The van der Waals surface area contributed by atoms with E-state index in [-0.39, 0.29) is 36.6 Å². The number of nitrogens with one attached hydrogen (secondary N) is 1. The summed E-state index contributed by atoms with van der Waals surface area (Å²) in [5.74, 6) is -0.140. The number of benzene rings is 2. The molecule has 0 atom stereocenters. The summed E-state index contributed by atoms with van der Waals surface area (Å²) < 4.78 is 32.6. The number of ether oxygens (including phenoxy) is 1. The maximum absolute atomic E-state index is 12.7. The molecule has 10 heteroatoms. The lowest BCUT2D eigenvalue weighted by molar-refractivity contribution is -0.116. The highest BCUT2D eigenvalue weighted by Crippen LogP contribution is 2.37. The number of nitrogens with zero attached hydrogens (tertiary/aromatic N) is 2. The molecule has 0 fully saturated rings. The molecule has 9 nitrogen and oxygen atoms in total. The molecule has 0 unspecified atom stereocenters. The summed E-state index contributed by atoms with van der Waals surface area (Å²) in [5.41, 5.74) is 2.40. The second-order valence-electron chi connectivity index (χ2n) is 7.61. The van der Waals surface area contributed by atoms with Crippen molar-refractivity contribution in [2.75, 3.05) is 36.0 Å². The van der Waals surface area contributed by atoms with Crippen molar-refractivity contribution < 1.29 is 27.9 Å². The van der Waals surface area contributed by atoms with Crippen LogP contribution in [0.1, 0.15) is 20.8 Å². The second-order valence-corrected chi connectivity index (χ2v) is 9.37. The zero-order valence-corrected chi connectivity index (χ0v) is 19.1. The van der Waals surface area contributed by atoms with Crippen LogP contribution in [0.5, 0.6) is 0 Å². The first-order chi connectivity index (χ1) is 15.1. The Bertz CT molecular complexity index is 1120. The first-order valence-corrected chi connectivity index (χ1v) is 11.7. The molecule has 0 saturated carbocycles. The van der Waals surface area contributed by atoms with Gasteiger partial charge in [-0.05, 0) is 49.2 Å². The molecule has 0 saturated heterocycles. The van der Waals surface area contributed by atoms with E-state index in [9.17, 15) is 18.0 Å². The highest BCUT2D eigenvalue weighted by molar-refractivity contribution is 7.89. The summed E-state index contributed by atoms with van der Waals surface area (Å²) >= 11 is 0. The molecule has 0 aliphatic carbocycles. The van der Waals surface area contributed by atoms with Gasteiger partial charge in [-0.25, -0.2) is 17.9 Å². The van der Waals surface area contributed by atoms with Gasteiger partial charge in [0.25, 0.3) is 0 Å². The minimum absolute atomic E-state index is 0.0580. The fraction of sp³-hybridized carbons (Fsp3) is 0.364. The number of fused-ring (bicyclic) bond motifs is 1. The lowest BCUT2D eigenvalue weighted by Gasteiger charge is -2.36. The van der Waals surface area contributed by atoms with Gasteiger partial charge in [0.15, 0.2) is 0 Å². The van der Waals surface area contributed by atoms with Crippen molar-refractivity contribution in [2.24, 2.45) is 0 Å². The SMILES string of the molecule is CC(=O)N1CCN(C(=O)OC(C)C)c2cc(-c3cccc(S(=O)(=O)NCCO)c3)ccc21. The highest BCUT2D eigenvalue weighted by atomic mass is 32.2. The third-order valence-corrected chi connectivity index (χ3v) is 6.38. The van der Waals surface area contributed by atoms with E-state index in [4.69, 9.17) is 9.84 Å². The van der Waals surface area contributed by atoms with E-state index in [1.165, 1.54) is 24.0 Å². The van der Waals surface area contributed by atoms with Crippen molar-refractivity contribution in [1.82, 2.24) is 4.72 Å². The quantitative estimate of drug-likeness (QED) is 0.682. The molecular weight excluding hydrogens is 434 g/mol. The van der Waals surface area contributed by atoms with Crippen molar-refractivity contribution in [3.05, 3.63) is 42.5 Å². The standard InChI is InChI=1S/C22H27N3O6S/c1-15(2)31-22(28)25-11-10-24(16(3)27)20-8-7-18(14-21(20)25)17-5-4-6-19(13-17)32(29,30)23-9-12-26/h4-8,13-15,23,26H,9-12H2,1-3H3. The molecule has 3 rings (SSSR count). The number of carbonyl (C=O) groups is 2. The largest absolute Gasteiger partial charge is 0.446 e. The minimum Gasteiger partial charge on any atom is -0.446 e. The van der Waals surface area contributed by atoms with Crippen LogP contribution in [0.15, 0.2) is 47.4 Å². The molecule has 172 valence electrons. The molecule has 0 bridgehead atoms. The van der Waals surface area contributed by atoms with Crippen LogP contribution in [0, 0.1) is 0 Å². The third-order valence-electron chi connectivity index (χ3n) is 4.92. The minimum atomic E-state index is -3.78. The number of rotatable bonds is 6.